The van der Waals surface area contributed by atoms with Gasteiger partial charge in [-0.05, 0) is 18.1 Å². The Labute approximate surface area is 95.6 Å². The second-order valence-electron chi connectivity index (χ2n) is 2.73. The Kier molecular flexibility index (Phi) is 5.12. The van der Waals surface area contributed by atoms with Crippen LogP contribution in [0.15, 0.2) is 29.8 Å². The SMILES string of the molecule is CC1=Cc2ccccc2[CH]1.[Cl][Ti][Cl]. The van der Waals surface area contributed by atoms with E-state index in [0.717, 1.165) is 0 Å². The molecule has 0 unspecified atom stereocenters. The average Bonchev–Trinajstić information content (AvgIpc) is 2.45. The molecule has 1 radical (unpaired) electrons. The van der Waals surface area contributed by atoms with Crippen molar-refractivity contribution in [3.05, 3.63) is 47.4 Å². The molecule has 0 fully saturated rings. The first-order valence-electron chi connectivity index (χ1n) is 3.86. The molecule has 0 heterocycles. The fourth-order valence-corrected chi connectivity index (χ4v) is 1.31. The van der Waals surface area contributed by atoms with Crippen LogP contribution in [0.1, 0.15) is 18.1 Å². The quantitative estimate of drug-likeness (QED) is 0.608. The van der Waals surface area contributed by atoms with E-state index in [1.165, 1.54) is 16.7 Å². The number of rotatable bonds is 0. The molecule has 67 valence electrons. The van der Waals surface area contributed by atoms with Gasteiger partial charge in [-0.1, -0.05) is 35.9 Å². The molecule has 13 heavy (non-hydrogen) atoms. The van der Waals surface area contributed by atoms with Crippen LogP contribution in [0.2, 0.25) is 0 Å². The summed E-state index contributed by atoms with van der Waals surface area (Å²) in [7, 11) is 9.78. The normalized spacial score (nSPS) is 12.4. The van der Waals surface area contributed by atoms with E-state index in [1.54, 1.807) is 0 Å². The molecule has 0 aromatic heterocycles. The topological polar surface area (TPSA) is 0 Å². The van der Waals surface area contributed by atoms with Gasteiger partial charge in [-0.25, -0.2) is 0 Å². The molecule has 0 saturated heterocycles. The molecule has 0 spiro atoms. The van der Waals surface area contributed by atoms with Crippen molar-refractivity contribution < 1.29 is 17.0 Å². The van der Waals surface area contributed by atoms with Crippen LogP contribution in [-0.4, -0.2) is 0 Å². The van der Waals surface area contributed by atoms with Gasteiger partial charge in [-0.2, -0.15) is 0 Å². The summed E-state index contributed by atoms with van der Waals surface area (Å²) in [5.74, 6) is 0. The van der Waals surface area contributed by atoms with Crippen molar-refractivity contribution in [2.45, 2.75) is 6.92 Å². The molecule has 1 aliphatic rings. The number of allylic oxidation sites excluding steroid dienone is 1. The molecule has 0 N–H and O–H groups in total. The number of halogens is 2. The summed E-state index contributed by atoms with van der Waals surface area (Å²) in [5.41, 5.74) is 4.04. The number of benzene rings is 1. The Hall–Kier alpha value is 0.254. The molecule has 0 bridgehead atoms. The maximum absolute atomic E-state index is 4.89. The first kappa shape index (κ1) is 11.3. The Balaban J connectivity index is 0.000000251. The van der Waals surface area contributed by atoms with E-state index in [2.05, 4.69) is 43.7 Å². The van der Waals surface area contributed by atoms with Crippen LogP contribution in [0, 0.1) is 6.42 Å². The third kappa shape index (κ3) is 3.48. The molecule has 1 aliphatic carbocycles. The van der Waals surface area contributed by atoms with E-state index >= 15 is 0 Å². The van der Waals surface area contributed by atoms with Gasteiger partial charge in [-0.15, -0.1) is 0 Å². The standard InChI is InChI=1S/C10H9.2ClH.Ti/c1-8-6-9-4-2-3-5-10(9)7-8;;;/h2-7H,1H3;2*1H;/q;;;+2/p-2. The zero-order chi connectivity index (χ0) is 9.68. The Bertz CT molecular complexity index is 308. The van der Waals surface area contributed by atoms with Crippen LogP contribution in [0.3, 0.4) is 0 Å². The van der Waals surface area contributed by atoms with Crippen molar-refractivity contribution in [1.29, 1.82) is 0 Å². The van der Waals surface area contributed by atoms with Crippen molar-refractivity contribution in [1.82, 2.24) is 0 Å². The van der Waals surface area contributed by atoms with Crippen molar-refractivity contribution in [2.75, 3.05) is 0 Å². The van der Waals surface area contributed by atoms with Gasteiger partial charge in [0.2, 0.25) is 0 Å². The van der Waals surface area contributed by atoms with Crippen LogP contribution in [0.25, 0.3) is 6.08 Å². The minimum absolute atomic E-state index is 0.556. The summed E-state index contributed by atoms with van der Waals surface area (Å²) in [5, 5.41) is 0. The van der Waals surface area contributed by atoms with E-state index in [9.17, 15) is 0 Å². The summed E-state index contributed by atoms with van der Waals surface area (Å²) >= 11 is -0.556. The van der Waals surface area contributed by atoms with Gasteiger partial charge in [0.1, 0.15) is 0 Å². The molecule has 3 heteroatoms. The van der Waals surface area contributed by atoms with E-state index in [-0.39, 0.29) is 0 Å². The monoisotopic (exact) mass is 247 g/mol. The average molecular weight is 248 g/mol. The molecule has 0 nitrogen and oxygen atoms in total. The van der Waals surface area contributed by atoms with Gasteiger partial charge < -0.3 is 0 Å². The van der Waals surface area contributed by atoms with Crippen molar-refractivity contribution in [3.8, 4) is 0 Å². The fourth-order valence-electron chi connectivity index (χ4n) is 1.31. The van der Waals surface area contributed by atoms with Gasteiger partial charge in [0.15, 0.2) is 0 Å². The second kappa shape index (κ2) is 5.87. The summed E-state index contributed by atoms with van der Waals surface area (Å²) in [6, 6.07) is 8.42. The van der Waals surface area contributed by atoms with Gasteiger partial charge in [-0.3, -0.25) is 0 Å². The minimum atomic E-state index is -0.556. The Morgan fingerprint density at radius 2 is 1.62 bits per heavy atom. The van der Waals surface area contributed by atoms with Gasteiger partial charge in [0.05, 0.1) is 0 Å². The van der Waals surface area contributed by atoms with E-state index in [4.69, 9.17) is 18.6 Å². The van der Waals surface area contributed by atoms with Gasteiger partial charge in [0.25, 0.3) is 0 Å². The molecule has 1 aromatic carbocycles. The second-order valence-corrected chi connectivity index (χ2v) is 5.31. The van der Waals surface area contributed by atoms with Crippen molar-refractivity contribution in [2.24, 2.45) is 0 Å². The molecule has 1 aromatic rings. The Morgan fingerprint density at radius 1 is 1.08 bits per heavy atom. The van der Waals surface area contributed by atoms with Crippen molar-refractivity contribution >= 4 is 24.7 Å². The number of fused-ring (bicyclic) bond motifs is 1. The van der Waals surface area contributed by atoms with Crippen LogP contribution >= 0.6 is 18.6 Å². The van der Waals surface area contributed by atoms with Crippen LogP contribution in [0.5, 0.6) is 0 Å². The summed E-state index contributed by atoms with van der Waals surface area (Å²) < 4.78 is 0. The van der Waals surface area contributed by atoms with E-state index < -0.39 is 17.0 Å². The molecule has 0 aliphatic heterocycles. The molecular formula is C10H9Cl2Ti. The molecule has 0 saturated carbocycles. The van der Waals surface area contributed by atoms with Crippen LogP contribution in [0.4, 0.5) is 0 Å². The molecule has 0 amide bonds. The van der Waals surface area contributed by atoms with Crippen LogP contribution < -0.4 is 0 Å². The molecule has 0 atom stereocenters. The van der Waals surface area contributed by atoms with Crippen molar-refractivity contribution in [3.63, 3.8) is 0 Å². The van der Waals surface area contributed by atoms with E-state index in [0.29, 0.717) is 0 Å². The maximum atomic E-state index is 4.89. The molecule has 2 rings (SSSR count). The van der Waals surface area contributed by atoms with Gasteiger partial charge in [0, 0.05) is 6.42 Å². The summed E-state index contributed by atoms with van der Waals surface area (Å²) in [6.07, 6.45) is 4.41. The zero-order valence-corrected chi connectivity index (χ0v) is 10.3. The van der Waals surface area contributed by atoms with Crippen LogP contribution in [-0.2, 0) is 17.0 Å². The zero-order valence-electron chi connectivity index (χ0n) is 7.22. The first-order valence-corrected chi connectivity index (χ1v) is 8.16. The van der Waals surface area contributed by atoms with E-state index in [1.807, 2.05) is 0 Å². The Morgan fingerprint density at radius 3 is 2.15 bits per heavy atom. The fraction of sp³-hybridized carbons (Fsp3) is 0.100. The predicted molar refractivity (Wildman–Crippen MR) is 55.2 cm³/mol. The third-order valence-electron chi connectivity index (χ3n) is 1.76. The van der Waals surface area contributed by atoms with Gasteiger partial charge >= 0.3 is 35.6 Å². The first-order chi connectivity index (χ1) is 6.27. The number of hydrogen-bond donors (Lipinski definition) is 0. The number of hydrogen-bond acceptors (Lipinski definition) is 0. The summed E-state index contributed by atoms with van der Waals surface area (Å²) in [4.78, 5) is 0. The summed E-state index contributed by atoms with van der Waals surface area (Å²) in [6.45, 7) is 2.12. The molecular weight excluding hydrogens is 239 g/mol. The predicted octanol–water partition coefficient (Wildman–Crippen LogP) is 4.03. The third-order valence-corrected chi connectivity index (χ3v) is 1.76.